The number of hydrogen-bond donors (Lipinski definition) is 1. The summed E-state index contributed by atoms with van der Waals surface area (Å²) in [5.74, 6) is 0.684. The molecule has 176 valence electrons. The van der Waals surface area contributed by atoms with Crippen LogP contribution in [0.25, 0.3) is 0 Å². The molecular formula is C27H29N3O3S. The number of sulfonamides is 1. The number of benzene rings is 2. The lowest BCUT2D eigenvalue weighted by Gasteiger charge is -2.45. The number of rotatable bonds is 5. The van der Waals surface area contributed by atoms with Crippen molar-refractivity contribution in [2.45, 2.75) is 36.0 Å². The van der Waals surface area contributed by atoms with Gasteiger partial charge in [-0.05, 0) is 53.5 Å². The summed E-state index contributed by atoms with van der Waals surface area (Å²) < 4.78 is 29.0. The first-order chi connectivity index (χ1) is 16.4. The predicted octanol–water partition coefficient (Wildman–Crippen LogP) is 3.84. The van der Waals surface area contributed by atoms with Crippen LogP contribution in [0, 0.1) is 5.92 Å². The molecule has 3 aromatic rings. The quantitative estimate of drug-likeness (QED) is 0.610. The summed E-state index contributed by atoms with van der Waals surface area (Å²) >= 11 is 0. The predicted molar refractivity (Wildman–Crippen MR) is 130 cm³/mol. The monoisotopic (exact) mass is 475 g/mol. The van der Waals surface area contributed by atoms with Crippen molar-refractivity contribution in [3.63, 3.8) is 0 Å². The highest BCUT2D eigenvalue weighted by atomic mass is 32.2. The maximum atomic E-state index is 13.1. The molecule has 2 bridgehead atoms. The molecule has 0 spiro atoms. The number of carbonyl (C=O) groups is 1. The Morgan fingerprint density at radius 1 is 0.971 bits per heavy atom. The number of aryl methyl sites for hydroxylation is 1. The minimum absolute atomic E-state index is 0.196. The zero-order valence-electron chi connectivity index (χ0n) is 19.3. The van der Waals surface area contributed by atoms with E-state index in [1.165, 1.54) is 32.6 Å². The summed E-state index contributed by atoms with van der Waals surface area (Å²) in [5, 5.41) is 3.12. The molecule has 2 heterocycles. The summed E-state index contributed by atoms with van der Waals surface area (Å²) in [4.78, 5) is 13.3. The first kappa shape index (κ1) is 21.6. The molecule has 4 aliphatic rings. The van der Waals surface area contributed by atoms with Gasteiger partial charge in [-0.2, -0.15) is 4.31 Å². The van der Waals surface area contributed by atoms with Crippen molar-refractivity contribution < 1.29 is 13.2 Å². The fraction of sp³-hybridized carbons (Fsp3) is 0.370. The van der Waals surface area contributed by atoms with Gasteiger partial charge in [-0.3, -0.25) is 4.79 Å². The average molecular weight is 476 g/mol. The first-order valence-electron chi connectivity index (χ1n) is 12.1. The highest BCUT2D eigenvalue weighted by Gasteiger charge is 2.43. The van der Waals surface area contributed by atoms with Crippen LogP contribution in [0.4, 0.5) is 0 Å². The van der Waals surface area contributed by atoms with E-state index >= 15 is 0 Å². The van der Waals surface area contributed by atoms with Crippen LogP contribution in [0.15, 0.2) is 65.7 Å². The van der Waals surface area contributed by atoms with Crippen LogP contribution >= 0.6 is 0 Å². The standard InChI is InChI=1S/C27H29N3O3S/c1-29-17-19(34(32,33)30-12-6-7-13-30)15-25(29)27(31)28-16-18-14-24-20-8-2-4-10-22(20)26(18)23-11-5-3-9-21(23)24/h2-5,8-11,15,17-18,24,26H,6-7,12-14,16H2,1H3,(H,28,31). The van der Waals surface area contributed by atoms with Gasteiger partial charge in [0.15, 0.2) is 0 Å². The molecule has 7 rings (SSSR count). The molecule has 3 aliphatic carbocycles. The van der Waals surface area contributed by atoms with Crippen molar-refractivity contribution in [3.8, 4) is 0 Å². The normalized spacial score (nSPS) is 23.5. The topological polar surface area (TPSA) is 71.4 Å². The van der Waals surface area contributed by atoms with Gasteiger partial charge in [-0.25, -0.2) is 8.42 Å². The molecule has 0 radical (unpaired) electrons. The van der Waals surface area contributed by atoms with Crippen LogP contribution < -0.4 is 5.32 Å². The van der Waals surface area contributed by atoms with Crippen molar-refractivity contribution in [1.29, 1.82) is 0 Å². The highest BCUT2D eigenvalue weighted by Crippen LogP contribution is 2.55. The van der Waals surface area contributed by atoms with Gasteiger partial charge < -0.3 is 9.88 Å². The molecule has 1 N–H and O–H groups in total. The zero-order valence-corrected chi connectivity index (χ0v) is 20.1. The molecule has 0 saturated carbocycles. The van der Waals surface area contributed by atoms with Gasteiger partial charge in [0.1, 0.15) is 10.6 Å². The fourth-order valence-electron chi connectivity index (χ4n) is 6.25. The van der Waals surface area contributed by atoms with Crippen LogP contribution in [0.2, 0.25) is 0 Å². The largest absolute Gasteiger partial charge is 0.350 e. The zero-order chi connectivity index (χ0) is 23.4. The summed E-state index contributed by atoms with van der Waals surface area (Å²) in [6.45, 7) is 1.65. The Balaban J connectivity index is 1.23. The van der Waals surface area contributed by atoms with Crippen LogP contribution in [0.1, 0.15) is 63.8 Å². The van der Waals surface area contributed by atoms with Gasteiger partial charge >= 0.3 is 0 Å². The number of nitrogens with zero attached hydrogens (tertiary/aromatic N) is 2. The molecular weight excluding hydrogens is 446 g/mol. The Hall–Kier alpha value is -2.90. The third-order valence-corrected chi connectivity index (χ3v) is 9.73. The minimum Gasteiger partial charge on any atom is -0.350 e. The van der Waals surface area contributed by atoms with E-state index in [1.807, 2.05) is 0 Å². The molecule has 1 fully saturated rings. The second-order valence-electron chi connectivity index (χ2n) is 9.78. The molecule has 2 aromatic carbocycles. The molecule has 7 heteroatoms. The van der Waals surface area contributed by atoms with Crippen molar-refractivity contribution in [2.24, 2.45) is 13.0 Å². The lowest BCUT2D eigenvalue weighted by molar-refractivity contribution is 0.0934. The fourth-order valence-corrected chi connectivity index (χ4v) is 7.84. The van der Waals surface area contributed by atoms with E-state index in [4.69, 9.17) is 0 Å². The number of aromatic nitrogens is 1. The third kappa shape index (κ3) is 3.33. The number of nitrogens with one attached hydrogen (secondary N) is 1. The van der Waals surface area contributed by atoms with E-state index in [2.05, 4.69) is 53.8 Å². The lowest BCUT2D eigenvalue weighted by atomic mass is 9.59. The summed E-state index contributed by atoms with van der Waals surface area (Å²) in [5.41, 5.74) is 5.93. The average Bonchev–Trinajstić information content (AvgIpc) is 3.54. The number of hydrogen-bond acceptors (Lipinski definition) is 3. The lowest BCUT2D eigenvalue weighted by Crippen LogP contribution is -2.39. The molecule has 34 heavy (non-hydrogen) atoms. The minimum atomic E-state index is -3.55. The summed E-state index contributed by atoms with van der Waals surface area (Å²) in [6, 6.07) is 18.9. The van der Waals surface area contributed by atoms with Crippen LogP contribution in [0.5, 0.6) is 0 Å². The molecule has 1 unspecified atom stereocenters. The second kappa shape index (κ2) is 8.10. The molecule has 1 atom stereocenters. The van der Waals surface area contributed by atoms with Gasteiger partial charge in [-0.1, -0.05) is 48.5 Å². The summed E-state index contributed by atoms with van der Waals surface area (Å²) in [6.07, 6.45) is 4.32. The van der Waals surface area contributed by atoms with Crippen molar-refractivity contribution in [3.05, 3.63) is 88.7 Å². The Morgan fingerprint density at radius 2 is 1.56 bits per heavy atom. The third-order valence-electron chi connectivity index (χ3n) is 7.86. The van der Waals surface area contributed by atoms with Crippen LogP contribution in [-0.2, 0) is 17.1 Å². The molecule has 1 aliphatic heterocycles. The SMILES string of the molecule is Cn1cc(S(=O)(=O)N2CCCC2)cc1C(=O)NCC1CC2c3ccccc3C1c1ccccc12. The number of carbonyl (C=O) groups excluding carboxylic acids is 1. The Bertz CT molecular complexity index is 1320. The number of amides is 1. The molecule has 1 saturated heterocycles. The van der Waals surface area contributed by atoms with Gasteiger partial charge in [-0.15, -0.1) is 0 Å². The Morgan fingerprint density at radius 3 is 2.18 bits per heavy atom. The highest BCUT2D eigenvalue weighted by molar-refractivity contribution is 7.89. The van der Waals surface area contributed by atoms with Crippen LogP contribution in [0.3, 0.4) is 0 Å². The maximum absolute atomic E-state index is 13.1. The Labute approximate surface area is 200 Å². The number of fused-ring (bicyclic) bond motifs is 1. The van der Waals surface area contributed by atoms with Crippen molar-refractivity contribution in [1.82, 2.24) is 14.2 Å². The molecule has 1 aromatic heterocycles. The van der Waals surface area contributed by atoms with Gasteiger partial charge in [0.05, 0.1) is 0 Å². The van der Waals surface area contributed by atoms with Crippen LogP contribution in [-0.4, -0.2) is 42.8 Å². The van der Waals surface area contributed by atoms with Gasteiger partial charge in [0.2, 0.25) is 10.0 Å². The smallest absolute Gasteiger partial charge is 0.267 e. The van der Waals surface area contributed by atoms with E-state index in [-0.39, 0.29) is 16.7 Å². The first-order valence-corrected chi connectivity index (χ1v) is 13.5. The van der Waals surface area contributed by atoms with E-state index in [0.717, 1.165) is 19.3 Å². The van der Waals surface area contributed by atoms with Crippen molar-refractivity contribution in [2.75, 3.05) is 19.6 Å². The summed E-state index contributed by atoms with van der Waals surface area (Å²) in [7, 11) is -1.82. The van der Waals surface area contributed by atoms with Gasteiger partial charge in [0.25, 0.3) is 5.91 Å². The Kier molecular flexibility index (Phi) is 5.15. The molecule has 6 nitrogen and oxygen atoms in total. The van der Waals surface area contributed by atoms with E-state index in [9.17, 15) is 13.2 Å². The van der Waals surface area contributed by atoms with E-state index in [1.54, 1.807) is 17.8 Å². The maximum Gasteiger partial charge on any atom is 0.267 e. The van der Waals surface area contributed by atoms with E-state index in [0.29, 0.717) is 37.2 Å². The van der Waals surface area contributed by atoms with Gasteiger partial charge in [0, 0.05) is 44.7 Å². The van der Waals surface area contributed by atoms with E-state index < -0.39 is 10.0 Å². The molecule has 1 amide bonds. The van der Waals surface area contributed by atoms with Crippen molar-refractivity contribution >= 4 is 15.9 Å². The second-order valence-corrected chi connectivity index (χ2v) is 11.7.